The molecule has 0 aliphatic rings. The van der Waals surface area contributed by atoms with E-state index in [4.69, 9.17) is 16.4 Å². The van der Waals surface area contributed by atoms with E-state index in [0.717, 1.165) is 19.1 Å². The smallest absolute Gasteiger partial charge is 0.382 e. The number of nitrogens with two attached hydrogens (primary N) is 1. The summed E-state index contributed by atoms with van der Waals surface area (Å²) >= 11 is 0. The number of anilines is 1. The largest absolute Gasteiger partial charge is 0.418 e. The first-order valence-corrected chi connectivity index (χ1v) is 5.13. The Morgan fingerprint density at radius 2 is 2.05 bits per heavy atom. The Kier molecular flexibility index (Phi) is 4.29. The molecule has 0 radical (unpaired) electrons. The standard InChI is InChI=1S/C11H9F4N5/c1-5-6(12)2-3-7(9(5)11(13,14)15)19-20-8(4-16)10(17)18/h2-3,19H,1H3,(H3,17,18)/b20-8+. The maximum absolute atomic E-state index is 13.2. The number of halogens is 4. The average Bonchev–Trinajstić information content (AvgIpc) is 2.32. The van der Waals surface area contributed by atoms with Crippen LogP contribution in [0.2, 0.25) is 0 Å². The Bertz CT molecular complexity index is 612. The molecule has 106 valence electrons. The van der Waals surface area contributed by atoms with Crippen LogP contribution < -0.4 is 11.2 Å². The van der Waals surface area contributed by atoms with Crippen molar-refractivity contribution in [1.29, 1.82) is 10.7 Å². The van der Waals surface area contributed by atoms with Crippen LogP contribution in [-0.2, 0) is 6.18 Å². The Balaban J connectivity index is 3.31. The fourth-order valence-electron chi connectivity index (χ4n) is 1.41. The molecule has 5 nitrogen and oxygen atoms in total. The quantitative estimate of drug-likeness (QED) is 0.344. The highest BCUT2D eigenvalue weighted by atomic mass is 19.4. The predicted molar refractivity (Wildman–Crippen MR) is 64.7 cm³/mol. The summed E-state index contributed by atoms with van der Waals surface area (Å²) in [5.41, 5.74) is 4.02. The monoisotopic (exact) mass is 287 g/mol. The van der Waals surface area contributed by atoms with Gasteiger partial charge in [0, 0.05) is 0 Å². The Hall–Kier alpha value is -2.63. The highest BCUT2D eigenvalue weighted by molar-refractivity contribution is 6.45. The lowest BCUT2D eigenvalue weighted by molar-refractivity contribution is -0.137. The number of alkyl halides is 3. The molecule has 0 amide bonds. The first kappa shape index (κ1) is 15.4. The fraction of sp³-hybridized carbons (Fsp3) is 0.182. The summed E-state index contributed by atoms with van der Waals surface area (Å²) in [6.45, 7) is 0.975. The maximum Gasteiger partial charge on any atom is 0.418 e. The van der Waals surface area contributed by atoms with Crippen molar-refractivity contribution < 1.29 is 17.6 Å². The molecule has 0 fully saturated rings. The van der Waals surface area contributed by atoms with Gasteiger partial charge in [0.25, 0.3) is 0 Å². The summed E-state index contributed by atoms with van der Waals surface area (Å²) in [7, 11) is 0. The first-order chi connectivity index (χ1) is 9.18. The second-order valence-electron chi connectivity index (χ2n) is 3.69. The number of hydrogen-bond donors (Lipinski definition) is 3. The van der Waals surface area contributed by atoms with Crippen LogP contribution in [0.3, 0.4) is 0 Å². The number of nitrogens with one attached hydrogen (secondary N) is 2. The summed E-state index contributed by atoms with van der Waals surface area (Å²) in [6, 6.07) is 3.11. The minimum Gasteiger partial charge on any atom is -0.382 e. The number of nitrogens with zero attached hydrogens (tertiary/aromatic N) is 2. The van der Waals surface area contributed by atoms with Gasteiger partial charge in [0.05, 0.1) is 11.3 Å². The molecule has 1 rings (SSSR count). The van der Waals surface area contributed by atoms with E-state index in [-0.39, 0.29) is 0 Å². The molecule has 4 N–H and O–H groups in total. The van der Waals surface area contributed by atoms with E-state index in [1.165, 1.54) is 6.07 Å². The molecule has 1 aromatic rings. The summed E-state index contributed by atoms with van der Waals surface area (Å²) in [4.78, 5) is 0. The zero-order chi connectivity index (χ0) is 15.5. The van der Waals surface area contributed by atoms with Gasteiger partial charge in [0.2, 0.25) is 5.71 Å². The molecule has 0 saturated heterocycles. The summed E-state index contributed by atoms with van der Waals surface area (Å²) in [6.07, 6.45) is -4.80. The van der Waals surface area contributed by atoms with Gasteiger partial charge in [0.15, 0.2) is 5.84 Å². The van der Waals surface area contributed by atoms with Gasteiger partial charge in [-0.1, -0.05) is 0 Å². The number of nitriles is 1. The van der Waals surface area contributed by atoms with E-state index in [1.54, 1.807) is 0 Å². The zero-order valence-corrected chi connectivity index (χ0v) is 10.1. The summed E-state index contributed by atoms with van der Waals surface area (Å²) < 4.78 is 51.8. The van der Waals surface area contributed by atoms with Gasteiger partial charge in [-0.15, -0.1) is 0 Å². The average molecular weight is 287 g/mol. The topological polar surface area (TPSA) is 98.0 Å². The molecule has 0 unspecified atom stereocenters. The molecular weight excluding hydrogens is 278 g/mol. The molecular formula is C11H9F4N5. The lowest BCUT2D eigenvalue weighted by atomic mass is 10.1. The van der Waals surface area contributed by atoms with Crippen LogP contribution in [0.25, 0.3) is 0 Å². The maximum atomic E-state index is 13.2. The second-order valence-corrected chi connectivity index (χ2v) is 3.69. The van der Waals surface area contributed by atoms with E-state index >= 15 is 0 Å². The van der Waals surface area contributed by atoms with Crippen LogP contribution in [-0.4, -0.2) is 11.5 Å². The minimum atomic E-state index is -4.80. The summed E-state index contributed by atoms with van der Waals surface area (Å²) in [5.74, 6) is -1.72. The normalized spacial score (nSPS) is 11.9. The van der Waals surface area contributed by atoms with Gasteiger partial charge < -0.3 is 5.73 Å². The van der Waals surface area contributed by atoms with Crippen molar-refractivity contribution in [3.63, 3.8) is 0 Å². The van der Waals surface area contributed by atoms with E-state index < -0.39 is 40.4 Å². The minimum absolute atomic E-state index is 0.537. The van der Waals surface area contributed by atoms with Crippen LogP contribution in [0, 0.1) is 29.5 Å². The molecule has 0 saturated carbocycles. The second kappa shape index (κ2) is 5.56. The van der Waals surface area contributed by atoms with E-state index in [2.05, 4.69) is 5.10 Å². The number of hydrogen-bond acceptors (Lipinski definition) is 4. The Labute approximate surface area is 111 Å². The van der Waals surface area contributed by atoms with Gasteiger partial charge in [-0.3, -0.25) is 10.8 Å². The van der Waals surface area contributed by atoms with Gasteiger partial charge in [-0.25, -0.2) is 4.39 Å². The van der Waals surface area contributed by atoms with Crippen molar-refractivity contribution in [2.24, 2.45) is 10.8 Å². The summed E-state index contributed by atoms with van der Waals surface area (Å²) in [5, 5.41) is 18.8. The van der Waals surface area contributed by atoms with Crippen molar-refractivity contribution in [3.05, 3.63) is 29.1 Å². The van der Waals surface area contributed by atoms with Gasteiger partial charge in [0.1, 0.15) is 11.9 Å². The van der Waals surface area contributed by atoms with Gasteiger partial charge in [-0.05, 0) is 24.6 Å². The number of hydrazone groups is 1. The molecule has 0 atom stereocenters. The van der Waals surface area contributed by atoms with E-state index in [1.807, 2.05) is 5.43 Å². The molecule has 9 heteroatoms. The lowest BCUT2D eigenvalue weighted by Gasteiger charge is -2.15. The van der Waals surface area contributed by atoms with Crippen molar-refractivity contribution in [1.82, 2.24) is 0 Å². The predicted octanol–water partition coefficient (Wildman–Crippen LogP) is 2.38. The van der Waals surface area contributed by atoms with Crippen LogP contribution in [0.4, 0.5) is 23.2 Å². The van der Waals surface area contributed by atoms with Crippen LogP contribution >= 0.6 is 0 Å². The zero-order valence-electron chi connectivity index (χ0n) is 10.1. The third-order valence-corrected chi connectivity index (χ3v) is 2.33. The first-order valence-electron chi connectivity index (χ1n) is 5.13. The SMILES string of the molecule is Cc1c(F)ccc(N/N=C(\C#N)C(=N)N)c1C(F)(F)F. The van der Waals surface area contributed by atoms with Crippen molar-refractivity contribution in [2.45, 2.75) is 13.1 Å². The highest BCUT2D eigenvalue weighted by Crippen LogP contribution is 2.38. The third kappa shape index (κ3) is 3.23. The van der Waals surface area contributed by atoms with E-state index in [0.29, 0.717) is 0 Å². The van der Waals surface area contributed by atoms with Crippen LogP contribution in [0.1, 0.15) is 11.1 Å². The number of benzene rings is 1. The highest BCUT2D eigenvalue weighted by Gasteiger charge is 2.36. The molecule has 0 aliphatic carbocycles. The number of amidine groups is 1. The third-order valence-electron chi connectivity index (χ3n) is 2.33. The van der Waals surface area contributed by atoms with Crippen LogP contribution in [0.5, 0.6) is 0 Å². The van der Waals surface area contributed by atoms with Crippen molar-refractivity contribution in [2.75, 3.05) is 5.43 Å². The molecule has 0 aliphatic heterocycles. The Morgan fingerprint density at radius 1 is 1.45 bits per heavy atom. The Morgan fingerprint density at radius 3 is 2.50 bits per heavy atom. The lowest BCUT2D eigenvalue weighted by Crippen LogP contribution is -2.22. The van der Waals surface area contributed by atoms with Gasteiger partial charge >= 0.3 is 6.18 Å². The molecule has 0 bridgehead atoms. The van der Waals surface area contributed by atoms with E-state index in [9.17, 15) is 17.6 Å². The molecule has 0 heterocycles. The molecule has 0 spiro atoms. The van der Waals surface area contributed by atoms with Crippen molar-refractivity contribution >= 4 is 17.2 Å². The fourth-order valence-corrected chi connectivity index (χ4v) is 1.41. The number of rotatable bonds is 3. The van der Waals surface area contributed by atoms with Crippen molar-refractivity contribution in [3.8, 4) is 6.07 Å². The molecule has 0 aromatic heterocycles. The van der Waals surface area contributed by atoms with Gasteiger partial charge in [-0.2, -0.15) is 23.5 Å². The van der Waals surface area contributed by atoms with Crippen LogP contribution in [0.15, 0.2) is 17.2 Å². The molecule has 20 heavy (non-hydrogen) atoms. The molecule has 1 aromatic carbocycles.